The van der Waals surface area contributed by atoms with Gasteiger partial charge in [0.25, 0.3) is 11.8 Å². The van der Waals surface area contributed by atoms with Crippen LogP contribution in [0.1, 0.15) is 34.3 Å². The summed E-state index contributed by atoms with van der Waals surface area (Å²) in [6.45, 7) is 2.86. The van der Waals surface area contributed by atoms with Gasteiger partial charge in [0, 0.05) is 17.1 Å². The highest BCUT2D eigenvalue weighted by atomic mass is 35.5. The van der Waals surface area contributed by atoms with Crippen molar-refractivity contribution in [2.24, 2.45) is 0 Å². The number of nitrogens with zero attached hydrogens (tertiary/aromatic N) is 2. The van der Waals surface area contributed by atoms with Gasteiger partial charge in [-0.3, -0.25) is 14.5 Å². The molecule has 1 atom stereocenters. The Labute approximate surface area is 174 Å². The van der Waals surface area contributed by atoms with Crippen LogP contribution >= 0.6 is 11.6 Å². The number of halogens is 1. The normalized spacial score (nSPS) is 21.6. The molecule has 0 saturated carbocycles. The lowest BCUT2D eigenvalue weighted by molar-refractivity contribution is -0.133. The van der Waals surface area contributed by atoms with Gasteiger partial charge in [-0.15, -0.1) is 0 Å². The lowest BCUT2D eigenvalue weighted by atomic mass is 9.88. The van der Waals surface area contributed by atoms with Gasteiger partial charge < -0.3 is 10.2 Å². The third-order valence-corrected chi connectivity index (χ3v) is 5.80. The van der Waals surface area contributed by atoms with Crippen LogP contribution in [0.15, 0.2) is 48.5 Å². The van der Waals surface area contributed by atoms with Gasteiger partial charge in [0.2, 0.25) is 0 Å². The number of urea groups is 1. The first kappa shape index (κ1) is 19.5. The zero-order valence-electron chi connectivity index (χ0n) is 16.2. The van der Waals surface area contributed by atoms with Crippen molar-refractivity contribution in [3.8, 4) is 0 Å². The van der Waals surface area contributed by atoms with Gasteiger partial charge in [-0.25, -0.2) is 4.79 Å². The van der Waals surface area contributed by atoms with Gasteiger partial charge in [0.1, 0.15) is 5.54 Å². The van der Waals surface area contributed by atoms with E-state index in [1.54, 1.807) is 35.2 Å². The van der Waals surface area contributed by atoms with Gasteiger partial charge in [-0.1, -0.05) is 41.4 Å². The van der Waals surface area contributed by atoms with E-state index in [0.717, 1.165) is 11.1 Å². The number of imide groups is 1. The van der Waals surface area contributed by atoms with Crippen molar-refractivity contribution in [1.29, 1.82) is 0 Å². The summed E-state index contributed by atoms with van der Waals surface area (Å²) in [5.41, 5.74) is 1.36. The van der Waals surface area contributed by atoms with Crippen molar-refractivity contribution in [3.05, 3.63) is 70.2 Å². The molecule has 7 heteroatoms. The Morgan fingerprint density at radius 2 is 1.93 bits per heavy atom. The second-order valence-electron chi connectivity index (χ2n) is 7.73. The van der Waals surface area contributed by atoms with E-state index >= 15 is 0 Å². The maximum Gasteiger partial charge on any atom is 0.325 e. The highest BCUT2D eigenvalue weighted by molar-refractivity contribution is 6.30. The van der Waals surface area contributed by atoms with Crippen molar-refractivity contribution in [3.63, 3.8) is 0 Å². The van der Waals surface area contributed by atoms with Crippen molar-refractivity contribution < 1.29 is 14.4 Å². The fourth-order valence-electron chi connectivity index (χ4n) is 4.06. The van der Waals surface area contributed by atoms with Gasteiger partial charge >= 0.3 is 6.03 Å². The standard InChI is InChI=1S/C22H22ClN3O3/c1-15-4-2-5-17(12-15)19(27)25-11-3-10-22(14-25)20(28)26(21(29)24-22)13-16-6-8-18(23)9-7-16/h2,4-9,12H,3,10-11,13-14H2,1H3,(H,24,29)/t22-/m1/s1. The van der Waals surface area contributed by atoms with Crippen LogP contribution < -0.4 is 5.32 Å². The van der Waals surface area contributed by atoms with E-state index in [2.05, 4.69) is 5.32 Å². The third kappa shape index (κ3) is 3.72. The molecule has 4 rings (SSSR count). The Balaban J connectivity index is 1.53. The SMILES string of the molecule is Cc1cccc(C(=O)N2CCC[C@]3(C2)NC(=O)N(Cc2ccc(Cl)cc2)C3=O)c1. The van der Waals surface area contributed by atoms with Crippen LogP contribution in [-0.4, -0.2) is 46.3 Å². The molecule has 2 heterocycles. The zero-order valence-corrected chi connectivity index (χ0v) is 16.9. The summed E-state index contributed by atoms with van der Waals surface area (Å²) < 4.78 is 0. The van der Waals surface area contributed by atoms with Crippen molar-refractivity contribution >= 4 is 29.4 Å². The Morgan fingerprint density at radius 3 is 2.66 bits per heavy atom. The average Bonchev–Trinajstić information content (AvgIpc) is 2.93. The van der Waals surface area contributed by atoms with Crippen LogP contribution in [0.2, 0.25) is 5.02 Å². The predicted molar refractivity (Wildman–Crippen MR) is 110 cm³/mol. The Morgan fingerprint density at radius 1 is 1.17 bits per heavy atom. The summed E-state index contributed by atoms with van der Waals surface area (Å²) in [7, 11) is 0. The maximum atomic E-state index is 13.2. The minimum atomic E-state index is -1.05. The molecule has 0 radical (unpaired) electrons. The second-order valence-corrected chi connectivity index (χ2v) is 8.17. The van der Waals surface area contributed by atoms with E-state index in [0.29, 0.717) is 30.0 Å². The second kappa shape index (κ2) is 7.52. The van der Waals surface area contributed by atoms with Crippen LogP contribution in [-0.2, 0) is 11.3 Å². The van der Waals surface area contributed by atoms with Crippen LogP contribution in [0.5, 0.6) is 0 Å². The fourth-order valence-corrected chi connectivity index (χ4v) is 4.18. The Hall–Kier alpha value is -2.86. The average molecular weight is 412 g/mol. The molecule has 2 aromatic carbocycles. The van der Waals surface area contributed by atoms with E-state index in [9.17, 15) is 14.4 Å². The molecule has 2 aliphatic rings. The summed E-state index contributed by atoms with van der Waals surface area (Å²) in [6, 6.07) is 14.0. The van der Waals surface area contributed by atoms with Crippen molar-refractivity contribution in [2.75, 3.05) is 13.1 Å². The molecular weight excluding hydrogens is 390 g/mol. The zero-order chi connectivity index (χ0) is 20.6. The van der Waals surface area contributed by atoms with E-state index in [4.69, 9.17) is 11.6 Å². The fraction of sp³-hybridized carbons (Fsp3) is 0.318. The highest BCUT2D eigenvalue weighted by Gasteiger charge is 2.53. The van der Waals surface area contributed by atoms with E-state index in [1.807, 2.05) is 25.1 Å². The highest BCUT2D eigenvalue weighted by Crippen LogP contribution is 2.30. The lowest BCUT2D eigenvalue weighted by Crippen LogP contribution is -2.59. The number of piperidine rings is 1. The minimum Gasteiger partial charge on any atom is -0.336 e. The largest absolute Gasteiger partial charge is 0.336 e. The number of carbonyl (C=O) groups excluding carboxylic acids is 3. The molecule has 4 amide bonds. The number of aryl methyl sites for hydroxylation is 1. The van der Waals surface area contributed by atoms with E-state index in [-0.39, 0.29) is 24.9 Å². The number of benzene rings is 2. The minimum absolute atomic E-state index is 0.119. The van der Waals surface area contributed by atoms with Gasteiger partial charge in [-0.2, -0.15) is 0 Å². The smallest absolute Gasteiger partial charge is 0.325 e. The first-order valence-electron chi connectivity index (χ1n) is 9.62. The first-order valence-corrected chi connectivity index (χ1v) is 10.0. The molecule has 6 nitrogen and oxygen atoms in total. The predicted octanol–water partition coefficient (Wildman–Crippen LogP) is 3.38. The molecule has 1 spiro atoms. The van der Waals surface area contributed by atoms with Crippen LogP contribution in [0.4, 0.5) is 4.79 Å². The molecule has 29 heavy (non-hydrogen) atoms. The van der Waals surface area contributed by atoms with E-state index in [1.165, 1.54) is 4.90 Å². The Bertz CT molecular complexity index is 976. The van der Waals surface area contributed by atoms with Gasteiger partial charge in [0.15, 0.2) is 0 Å². The topological polar surface area (TPSA) is 69.7 Å². The summed E-state index contributed by atoms with van der Waals surface area (Å²) in [4.78, 5) is 41.6. The molecule has 2 aliphatic heterocycles. The number of rotatable bonds is 3. The van der Waals surface area contributed by atoms with Gasteiger partial charge in [-0.05, 0) is 49.6 Å². The van der Waals surface area contributed by atoms with E-state index < -0.39 is 11.6 Å². The van der Waals surface area contributed by atoms with Crippen LogP contribution in [0.25, 0.3) is 0 Å². The van der Waals surface area contributed by atoms with Crippen LogP contribution in [0, 0.1) is 6.92 Å². The Kier molecular flexibility index (Phi) is 5.04. The van der Waals surface area contributed by atoms with Crippen molar-refractivity contribution in [2.45, 2.75) is 31.8 Å². The number of amides is 4. The lowest BCUT2D eigenvalue weighted by Gasteiger charge is -2.38. The maximum absolute atomic E-state index is 13.2. The number of hydrogen-bond acceptors (Lipinski definition) is 3. The number of likely N-dealkylation sites (tertiary alicyclic amines) is 1. The molecule has 0 aromatic heterocycles. The molecule has 0 bridgehead atoms. The summed E-state index contributed by atoms with van der Waals surface area (Å²) in [5, 5.41) is 3.46. The molecule has 0 aliphatic carbocycles. The summed E-state index contributed by atoms with van der Waals surface area (Å²) >= 11 is 5.91. The monoisotopic (exact) mass is 411 g/mol. The summed E-state index contributed by atoms with van der Waals surface area (Å²) in [5.74, 6) is -0.398. The molecule has 1 N–H and O–H groups in total. The molecule has 2 saturated heterocycles. The first-order chi connectivity index (χ1) is 13.9. The number of carbonyl (C=O) groups is 3. The third-order valence-electron chi connectivity index (χ3n) is 5.54. The quantitative estimate of drug-likeness (QED) is 0.787. The molecule has 0 unspecified atom stereocenters. The van der Waals surface area contributed by atoms with Crippen LogP contribution in [0.3, 0.4) is 0 Å². The molecule has 2 aromatic rings. The van der Waals surface area contributed by atoms with Crippen molar-refractivity contribution in [1.82, 2.24) is 15.1 Å². The number of hydrogen-bond donors (Lipinski definition) is 1. The molecule has 150 valence electrons. The summed E-state index contributed by atoms with van der Waals surface area (Å²) in [6.07, 6.45) is 1.17. The molecule has 2 fully saturated rings. The van der Waals surface area contributed by atoms with Gasteiger partial charge in [0.05, 0.1) is 13.1 Å². The number of nitrogens with one attached hydrogen (secondary N) is 1. The molecular formula is C22H22ClN3O3.